The fourth-order valence-electron chi connectivity index (χ4n) is 3.36. The zero-order chi connectivity index (χ0) is 15.9. The van der Waals surface area contributed by atoms with Gasteiger partial charge in [0.2, 0.25) is 5.91 Å². The van der Waals surface area contributed by atoms with Crippen LogP contribution in [0.5, 0.6) is 0 Å². The van der Waals surface area contributed by atoms with E-state index in [-0.39, 0.29) is 23.7 Å². The van der Waals surface area contributed by atoms with Gasteiger partial charge in [-0.25, -0.2) is 0 Å². The zero-order valence-electron chi connectivity index (χ0n) is 12.5. The van der Waals surface area contributed by atoms with Gasteiger partial charge in [-0.2, -0.15) is 0 Å². The second-order valence-corrected chi connectivity index (χ2v) is 7.02. The number of carbonyl (C=O) groups is 2. The van der Waals surface area contributed by atoms with E-state index in [1.807, 2.05) is 36.1 Å². The Balaban J connectivity index is 1.47. The Hall–Kier alpha value is -1.55. The molecule has 22 heavy (non-hydrogen) atoms. The number of rotatable bonds is 5. The van der Waals surface area contributed by atoms with Crippen LogP contribution in [-0.2, 0) is 16.0 Å². The lowest BCUT2D eigenvalue weighted by Crippen LogP contribution is -2.53. The lowest BCUT2D eigenvalue weighted by molar-refractivity contribution is -0.142. The van der Waals surface area contributed by atoms with Gasteiger partial charge in [-0.3, -0.25) is 9.59 Å². The van der Waals surface area contributed by atoms with E-state index >= 15 is 0 Å². The number of carboxylic acids is 1. The second-order valence-electron chi connectivity index (χ2n) is 6.58. The molecule has 4 nitrogen and oxygen atoms in total. The molecule has 2 aliphatic rings. The van der Waals surface area contributed by atoms with Crippen LogP contribution in [0.1, 0.15) is 18.9 Å². The standard InChI is InChI=1S/C17H20ClNO3/c1-10(6-11-2-4-13(18)5-3-11)16(20)19-8-12(9-19)14-7-15(14)17(21)22/h2-5,10,12,14-15H,6-9H2,1H3,(H,21,22)/t10?,14-,15+/m0/s1. The van der Waals surface area contributed by atoms with E-state index in [2.05, 4.69) is 0 Å². The first kappa shape index (κ1) is 15.3. The van der Waals surface area contributed by atoms with Crippen LogP contribution in [0.3, 0.4) is 0 Å². The van der Waals surface area contributed by atoms with Crippen molar-refractivity contribution in [2.75, 3.05) is 13.1 Å². The number of benzene rings is 1. The van der Waals surface area contributed by atoms with Gasteiger partial charge in [0, 0.05) is 24.0 Å². The topological polar surface area (TPSA) is 57.6 Å². The summed E-state index contributed by atoms with van der Waals surface area (Å²) < 4.78 is 0. The Labute approximate surface area is 135 Å². The molecule has 1 N–H and O–H groups in total. The van der Waals surface area contributed by atoms with Crippen LogP contribution in [0.15, 0.2) is 24.3 Å². The quantitative estimate of drug-likeness (QED) is 0.907. The maximum atomic E-state index is 12.4. The van der Waals surface area contributed by atoms with Crippen molar-refractivity contribution >= 4 is 23.5 Å². The molecule has 0 spiro atoms. The molecule has 1 aromatic rings. The first-order valence-electron chi connectivity index (χ1n) is 7.71. The van der Waals surface area contributed by atoms with Gasteiger partial charge in [0.25, 0.3) is 0 Å². The van der Waals surface area contributed by atoms with Gasteiger partial charge < -0.3 is 10.0 Å². The summed E-state index contributed by atoms with van der Waals surface area (Å²) in [6.07, 6.45) is 1.49. The third-order valence-corrected chi connectivity index (χ3v) is 5.11. The first-order chi connectivity index (χ1) is 10.5. The van der Waals surface area contributed by atoms with Crippen LogP contribution in [0.25, 0.3) is 0 Å². The largest absolute Gasteiger partial charge is 0.481 e. The highest BCUT2D eigenvalue weighted by molar-refractivity contribution is 6.30. The van der Waals surface area contributed by atoms with Crippen LogP contribution in [0.2, 0.25) is 5.02 Å². The number of carbonyl (C=O) groups excluding carboxylic acids is 1. The lowest BCUT2D eigenvalue weighted by atomic mass is 9.90. The third-order valence-electron chi connectivity index (χ3n) is 4.86. The van der Waals surface area contributed by atoms with E-state index in [0.717, 1.165) is 25.1 Å². The molecular weight excluding hydrogens is 302 g/mol. The van der Waals surface area contributed by atoms with Crippen molar-refractivity contribution < 1.29 is 14.7 Å². The highest BCUT2D eigenvalue weighted by Crippen LogP contribution is 2.47. The fourth-order valence-corrected chi connectivity index (χ4v) is 3.48. The number of hydrogen-bond donors (Lipinski definition) is 1. The Kier molecular flexibility index (Phi) is 4.13. The molecule has 3 rings (SSSR count). The highest BCUT2D eigenvalue weighted by atomic mass is 35.5. The average Bonchev–Trinajstić information content (AvgIpc) is 3.20. The normalized spacial score (nSPS) is 25.5. The molecule has 1 saturated carbocycles. The Morgan fingerprint density at radius 3 is 2.50 bits per heavy atom. The summed E-state index contributed by atoms with van der Waals surface area (Å²) >= 11 is 5.86. The average molecular weight is 322 g/mol. The number of carboxylic acid groups (broad SMARTS) is 1. The summed E-state index contributed by atoms with van der Waals surface area (Å²) in [4.78, 5) is 25.1. The number of halogens is 1. The van der Waals surface area contributed by atoms with Crippen LogP contribution in [-0.4, -0.2) is 35.0 Å². The SMILES string of the molecule is CC(Cc1ccc(Cl)cc1)C(=O)N1CC([C@@H]2C[C@H]2C(=O)O)C1. The molecule has 1 aliphatic heterocycles. The molecule has 1 unspecified atom stereocenters. The van der Waals surface area contributed by atoms with Crippen molar-refractivity contribution in [2.45, 2.75) is 19.8 Å². The molecule has 1 saturated heterocycles. The molecule has 1 amide bonds. The van der Waals surface area contributed by atoms with Crippen molar-refractivity contribution in [2.24, 2.45) is 23.7 Å². The van der Waals surface area contributed by atoms with Crippen LogP contribution < -0.4 is 0 Å². The summed E-state index contributed by atoms with van der Waals surface area (Å²) in [6.45, 7) is 3.39. The van der Waals surface area contributed by atoms with Crippen molar-refractivity contribution in [3.05, 3.63) is 34.9 Å². The lowest BCUT2D eigenvalue weighted by Gasteiger charge is -2.41. The van der Waals surface area contributed by atoms with Crippen molar-refractivity contribution in [3.8, 4) is 0 Å². The molecule has 5 heteroatoms. The molecule has 118 valence electrons. The van der Waals surface area contributed by atoms with Gasteiger partial charge in [0.05, 0.1) is 5.92 Å². The van der Waals surface area contributed by atoms with Crippen molar-refractivity contribution in [1.29, 1.82) is 0 Å². The van der Waals surface area contributed by atoms with Crippen LogP contribution in [0.4, 0.5) is 0 Å². The number of likely N-dealkylation sites (tertiary alicyclic amines) is 1. The fraction of sp³-hybridized carbons (Fsp3) is 0.529. The van der Waals surface area contributed by atoms with Gasteiger partial charge in [-0.05, 0) is 42.4 Å². The number of hydrogen-bond acceptors (Lipinski definition) is 2. The van der Waals surface area contributed by atoms with E-state index in [0.29, 0.717) is 17.4 Å². The number of amides is 1. The molecule has 1 aliphatic carbocycles. The van der Waals surface area contributed by atoms with E-state index in [1.165, 1.54) is 0 Å². The van der Waals surface area contributed by atoms with E-state index in [1.54, 1.807) is 0 Å². The number of aliphatic carboxylic acids is 1. The summed E-state index contributed by atoms with van der Waals surface area (Å²) in [5, 5.41) is 9.65. The van der Waals surface area contributed by atoms with E-state index in [9.17, 15) is 9.59 Å². The molecule has 1 heterocycles. The van der Waals surface area contributed by atoms with Gasteiger partial charge in [0.15, 0.2) is 0 Å². The van der Waals surface area contributed by atoms with Crippen molar-refractivity contribution in [3.63, 3.8) is 0 Å². The molecule has 0 bridgehead atoms. The monoisotopic (exact) mass is 321 g/mol. The van der Waals surface area contributed by atoms with E-state index in [4.69, 9.17) is 16.7 Å². The minimum atomic E-state index is -0.689. The Morgan fingerprint density at radius 2 is 1.95 bits per heavy atom. The first-order valence-corrected chi connectivity index (χ1v) is 8.09. The third kappa shape index (κ3) is 3.12. The second kappa shape index (κ2) is 5.92. The van der Waals surface area contributed by atoms with Crippen molar-refractivity contribution in [1.82, 2.24) is 4.90 Å². The minimum absolute atomic E-state index is 0.0587. The van der Waals surface area contributed by atoms with E-state index < -0.39 is 5.97 Å². The smallest absolute Gasteiger partial charge is 0.306 e. The minimum Gasteiger partial charge on any atom is -0.481 e. The molecule has 0 radical (unpaired) electrons. The summed E-state index contributed by atoms with van der Waals surface area (Å²) in [5.41, 5.74) is 1.11. The zero-order valence-corrected chi connectivity index (χ0v) is 13.3. The van der Waals surface area contributed by atoms with Crippen LogP contribution in [0, 0.1) is 23.7 Å². The van der Waals surface area contributed by atoms with Gasteiger partial charge >= 0.3 is 5.97 Å². The maximum absolute atomic E-state index is 12.4. The van der Waals surface area contributed by atoms with Gasteiger partial charge in [0.1, 0.15) is 0 Å². The Morgan fingerprint density at radius 1 is 1.32 bits per heavy atom. The predicted molar refractivity (Wildman–Crippen MR) is 83.6 cm³/mol. The highest BCUT2D eigenvalue weighted by Gasteiger charge is 2.52. The molecular formula is C17H20ClNO3. The number of nitrogens with zero attached hydrogens (tertiary/aromatic N) is 1. The summed E-state index contributed by atoms with van der Waals surface area (Å²) in [5.74, 6) is -0.0872. The van der Waals surface area contributed by atoms with Gasteiger partial charge in [-0.1, -0.05) is 30.7 Å². The predicted octanol–water partition coefficient (Wildman–Crippen LogP) is 2.70. The summed E-state index contributed by atoms with van der Waals surface area (Å²) in [6, 6.07) is 7.58. The van der Waals surface area contributed by atoms with Gasteiger partial charge in [-0.15, -0.1) is 0 Å². The summed E-state index contributed by atoms with van der Waals surface area (Å²) in [7, 11) is 0. The van der Waals surface area contributed by atoms with Crippen LogP contribution >= 0.6 is 11.6 Å². The Bertz CT molecular complexity index is 580. The molecule has 3 atom stereocenters. The molecule has 2 fully saturated rings. The molecule has 0 aromatic heterocycles. The molecule has 1 aromatic carbocycles. The maximum Gasteiger partial charge on any atom is 0.306 e.